The van der Waals surface area contributed by atoms with E-state index in [1.807, 2.05) is 0 Å². The molecule has 0 aromatic rings. The van der Waals surface area contributed by atoms with E-state index in [1.54, 1.807) is 0 Å². The van der Waals surface area contributed by atoms with E-state index < -0.39 is 7.32 Å². The van der Waals surface area contributed by atoms with Crippen molar-refractivity contribution in [1.82, 2.24) is 0 Å². The third-order valence-electron chi connectivity index (χ3n) is 0. The first-order valence-electron chi connectivity index (χ1n) is 0.977. The number of hydrogen-bond donors (Lipinski definition) is 2. The van der Waals surface area contributed by atoms with Crippen LogP contribution in [0.2, 0.25) is 0 Å². The molecule has 0 amide bonds. The summed E-state index contributed by atoms with van der Waals surface area (Å²) in [5.74, 6) is 0. The van der Waals surface area contributed by atoms with Gasteiger partial charge in [-0.25, -0.2) is 0 Å². The molecule has 0 aromatic heterocycles. The fraction of sp³-hybridized carbons (Fsp3) is 0. The van der Waals surface area contributed by atoms with Gasteiger partial charge < -0.3 is 15.1 Å². The Balaban J connectivity index is -0.0000000131. The van der Waals surface area contributed by atoms with Crippen molar-refractivity contribution in [3.05, 3.63) is 0 Å². The first kappa shape index (κ1) is 29.2. The van der Waals surface area contributed by atoms with Gasteiger partial charge in [-0.1, -0.05) is 0 Å². The van der Waals surface area contributed by atoms with Gasteiger partial charge in [0.15, 0.2) is 0 Å². The van der Waals surface area contributed by atoms with E-state index in [1.165, 1.54) is 0 Å². The summed E-state index contributed by atoms with van der Waals surface area (Å²) in [4.78, 5) is 0. The summed E-state index contributed by atoms with van der Waals surface area (Å²) in [7, 11) is -2.92. The van der Waals surface area contributed by atoms with Crippen LogP contribution in [0.25, 0.3) is 0 Å². The van der Waals surface area contributed by atoms with Crippen LogP contribution in [0.3, 0.4) is 0 Å². The Hall–Kier alpha value is 3.38. The molecule has 0 aliphatic carbocycles. The SMILES string of the molecule is [Na+].[Na+].[Na+].[O-]B([O-])[O-].[OH][Cu][OH]. The van der Waals surface area contributed by atoms with Crippen molar-refractivity contribution < 1.29 is 128 Å². The van der Waals surface area contributed by atoms with E-state index in [0.717, 1.165) is 0 Å². The standard InChI is InChI=1S/BO3.Cu.3Na.2H2O/c2-1(3)4;;;;;;/h;;;;;2*1H2/q-3;+2;3*+1;;/p-2. The van der Waals surface area contributed by atoms with Crippen LogP contribution in [0.4, 0.5) is 0 Å². The van der Waals surface area contributed by atoms with Crippen LogP contribution >= 0.6 is 0 Å². The molecule has 0 fully saturated rings. The third kappa shape index (κ3) is 107. The molecule has 0 bridgehead atoms. The molecule has 0 aliphatic heterocycles. The Morgan fingerprint density at radius 3 is 0.900 bits per heavy atom. The normalized spacial score (nSPS) is 4.90. The zero-order valence-corrected chi connectivity index (χ0v) is 12.9. The van der Waals surface area contributed by atoms with Gasteiger partial charge >= 0.3 is 113 Å². The third-order valence-corrected chi connectivity index (χ3v) is 0. The molecule has 0 unspecified atom stereocenters. The second-order valence-electron chi connectivity index (χ2n) is 0.349. The van der Waals surface area contributed by atoms with Gasteiger partial charge in [0.2, 0.25) is 0 Å². The zero-order valence-electron chi connectivity index (χ0n) is 6.00. The van der Waals surface area contributed by atoms with E-state index in [2.05, 4.69) is 0 Å². The van der Waals surface area contributed by atoms with Gasteiger partial charge in [0.25, 0.3) is 0 Å². The summed E-state index contributed by atoms with van der Waals surface area (Å²) in [5.41, 5.74) is 0. The minimum absolute atomic E-state index is 0. The fourth-order valence-corrected chi connectivity index (χ4v) is 0. The average molecular weight is 225 g/mol. The Morgan fingerprint density at radius 2 is 0.900 bits per heavy atom. The molecule has 0 rings (SSSR count). The second kappa shape index (κ2) is 29.4. The Kier molecular flexibility index (Phi) is 86.0. The van der Waals surface area contributed by atoms with Crippen molar-refractivity contribution in [3.63, 3.8) is 0 Å². The monoisotopic (exact) mass is 225 g/mol. The minimum atomic E-state index is -2.92. The molecule has 0 atom stereocenters. The molecule has 0 radical (unpaired) electrons. The second-order valence-corrected chi connectivity index (χ2v) is 0.537. The molecule has 0 heterocycles. The van der Waals surface area contributed by atoms with E-state index in [9.17, 15) is 0 Å². The molecule has 5 nitrogen and oxygen atoms in total. The van der Waals surface area contributed by atoms with Gasteiger partial charge in [0.05, 0.1) is 0 Å². The fourth-order valence-electron chi connectivity index (χ4n) is 0. The first-order chi connectivity index (χ1) is 3.15. The average Bonchev–Trinajstić information content (AvgIpc) is 1.33. The predicted octanol–water partition coefficient (Wildman–Crippen LogP) is -14.1. The van der Waals surface area contributed by atoms with Crippen molar-refractivity contribution in [1.29, 1.82) is 0 Å². The van der Waals surface area contributed by atoms with Crippen molar-refractivity contribution in [2.24, 2.45) is 0 Å². The van der Waals surface area contributed by atoms with Crippen molar-refractivity contribution in [2.45, 2.75) is 0 Å². The van der Waals surface area contributed by atoms with E-state index in [4.69, 9.17) is 23.4 Å². The molecular formula is H2BCuNa3O5. The molecule has 2 N–H and O–H groups in total. The summed E-state index contributed by atoms with van der Waals surface area (Å²) in [6.07, 6.45) is 0. The van der Waals surface area contributed by atoms with Gasteiger partial charge in [-0.05, 0) is 0 Å². The predicted molar refractivity (Wildman–Crippen MR) is 10.2 cm³/mol. The first-order valence-corrected chi connectivity index (χ1v) is 1.82. The van der Waals surface area contributed by atoms with Gasteiger partial charge in [-0.2, -0.15) is 0 Å². The summed E-state index contributed by atoms with van der Waals surface area (Å²) < 4.78 is 14.1. The van der Waals surface area contributed by atoms with E-state index in [-0.39, 0.29) is 104 Å². The van der Waals surface area contributed by atoms with Gasteiger partial charge in [-0.15, -0.1) is 0 Å². The summed E-state index contributed by atoms with van der Waals surface area (Å²) >= 11 is -0.188. The molecule has 0 spiro atoms. The van der Waals surface area contributed by atoms with Gasteiger partial charge in [0.1, 0.15) is 0 Å². The van der Waals surface area contributed by atoms with Crippen LogP contribution in [0.15, 0.2) is 0 Å². The van der Waals surface area contributed by atoms with Crippen LogP contribution in [-0.2, 0) is 15.6 Å². The zero-order chi connectivity index (χ0) is 6.28. The molecule has 10 heavy (non-hydrogen) atoms. The molecular weight excluding hydrogens is 223 g/mol. The Labute approximate surface area is 132 Å². The van der Waals surface area contributed by atoms with Gasteiger partial charge in [-0.3, -0.25) is 7.32 Å². The Bertz CT molecular complexity index is 28.1. The molecule has 0 aromatic carbocycles. The van der Waals surface area contributed by atoms with E-state index in [0.29, 0.717) is 0 Å². The summed E-state index contributed by atoms with van der Waals surface area (Å²) in [6, 6.07) is 0. The topological polar surface area (TPSA) is 110 Å². The van der Waals surface area contributed by atoms with Crippen molar-refractivity contribution in [3.8, 4) is 0 Å². The van der Waals surface area contributed by atoms with Crippen LogP contribution in [-0.4, -0.2) is 15.7 Å². The van der Waals surface area contributed by atoms with Crippen molar-refractivity contribution in [2.75, 3.05) is 0 Å². The molecule has 0 saturated heterocycles. The van der Waals surface area contributed by atoms with Crippen molar-refractivity contribution >= 4 is 7.32 Å². The molecule has 0 saturated carbocycles. The number of rotatable bonds is 0. The molecule has 0 aliphatic rings. The van der Waals surface area contributed by atoms with Crippen LogP contribution in [0.5, 0.6) is 0 Å². The van der Waals surface area contributed by atoms with Crippen LogP contribution in [0, 0.1) is 0 Å². The van der Waals surface area contributed by atoms with E-state index >= 15 is 0 Å². The maximum absolute atomic E-state index is 8.42. The van der Waals surface area contributed by atoms with Crippen LogP contribution in [0.1, 0.15) is 0 Å². The maximum atomic E-state index is 8.42. The summed E-state index contributed by atoms with van der Waals surface area (Å²) in [5, 5.41) is 25.2. The molecule has 10 heteroatoms. The Morgan fingerprint density at radius 1 is 0.900 bits per heavy atom. The molecule has 49 valence electrons. The quantitative estimate of drug-likeness (QED) is 0.398. The van der Waals surface area contributed by atoms with Gasteiger partial charge in [0, 0.05) is 0 Å². The number of hydrogen-bond acceptors (Lipinski definition) is 5. The van der Waals surface area contributed by atoms with Crippen LogP contribution < -0.4 is 104 Å². The summed E-state index contributed by atoms with van der Waals surface area (Å²) in [6.45, 7) is 0.